The zero-order valence-electron chi connectivity index (χ0n) is 11.8. The van der Waals surface area contributed by atoms with Gasteiger partial charge in [0.05, 0.1) is 0 Å². The van der Waals surface area contributed by atoms with Gasteiger partial charge in [0.15, 0.2) is 0 Å². The minimum atomic E-state index is -0.165. The van der Waals surface area contributed by atoms with Gasteiger partial charge in [0.2, 0.25) is 11.8 Å². The first-order valence-corrected chi connectivity index (χ1v) is 7.02. The Morgan fingerprint density at radius 1 is 1.45 bits per heavy atom. The molecule has 0 spiro atoms. The van der Waals surface area contributed by atoms with E-state index in [9.17, 15) is 9.59 Å². The SMILES string of the molecule is CC(N)CC(=O)Nc1cccc(N2CCCCC2=O)c1. The Morgan fingerprint density at radius 3 is 2.95 bits per heavy atom. The van der Waals surface area contributed by atoms with Crippen molar-refractivity contribution in [1.29, 1.82) is 0 Å². The number of carbonyl (C=O) groups excluding carboxylic acids is 2. The molecule has 1 heterocycles. The summed E-state index contributed by atoms with van der Waals surface area (Å²) in [6.07, 6.45) is 2.86. The highest BCUT2D eigenvalue weighted by molar-refractivity contribution is 5.96. The summed E-state index contributed by atoms with van der Waals surface area (Å²) in [6.45, 7) is 2.54. The molecule has 3 N–H and O–H groups in total. The second-order valence-electron chi connectivity index (χ2n) is 5.28. The fourth-order valence-electron chi connectivity index (χ4n) is 2.33. The summed E-state index contributed by atoms with van der Waals surface area (Å²) < 4.78 is 0. The van der Waals surface area contributed by atoms with Crippen LogP contribution < -0.4 is 16.0 Å². The monoisotopic (exact) mass is 275 g/mol. The lowest BCUT2D eigenvalue weighted by Crippen LogP contribution is -2.35. The predicted octanol–water partition coefficient (Wildman–Crippen LogP) is 1.88. The summed E-state index contributed by atoms with van der Waals surface area (Å²) in [5, 5.41) is 2.81. The van der Waals surface area contributed by atoms with Gasteiger partial charge >= 0.3 is 0 Å². The first-order chi connectivity index (χ1) is 9.56. The van der Waals surface area contributed by atoms with E-state index >= 15 is 0 Å². The highest BCUT2D eigenvalue weighted by Crippen LogP contribution is 2.23. The van der Waals surface area contributed by atoms with E-state index in [2.05, 4.69) is 5.32 Å². The maximum Gasteiger partial charge on any atom is 0.226 e. The van der Waals surface area contributed by atoms with Gasteiger partial charge in [-0.15, -0.1) is 0 Å². The Labute approximate surface area is 119 Å². The number of benzene rings is 1. The van der Waals surface area contributed by atoms with Gasteiger partial charge in [-0.1, -0.05) is 6.07 Å². The molecule has 5 nitrogen and oxygen atoms in total. The summed E-state index contributed by atoms with van der Waals surface area (Å²) in [4.78, 5) is 25.4. The van der Waals surface area contributed by atoms with Crippen LogP contribution in [0.5, 0.6) is 0 Å². The molecule has 0 aliphatic carbocycles. The van der Waals surface area contributed by atoms with Crippen LogP contribution in [0.4, 0.5) is 11.4 Å². The third kappa shape index (κ3) is 3.81. The van der Waals surface area contributed by atoms with Crippen LogP contribution in [0.25, 0.3) is 0 Å². The van der Waals surface area contributed by atoms with Crippen LogP contribution in [0, 0.1) is 0 Å². The predicted molar refractivity (Wildman–Crippen MR) is 79.5 cm³/mol. The standard InChI is InChI=1S/C15H21N3O2/c1-11(16)9-14(19)17-12-5-4-6-13(10-12)18-8-3-2-7-15(18)20/h4-6,10-11H,2-3,7-9,16H2,1H3,(H,17,19). The van der Waals surface area contributed by atoms with E-state index in [1.54, 1.807) is 11.8 Å². The maximum atomic E-state index is 11.9. The molecule has 0 aromatic heterocycles. The highest BCUT2D eigenvalue weighted by atomic mass is 16.2. The Morgan fingerprint density at radius 2 is 2.25 bits per heavy atom. The Kier molecular flexibility index (Phi) is 4.74. The minimum absolute atomic E-state index is 0.109. The molecular weight excluding hydrogens is 254 g/mol. The van der Waals surface area contributed by atoms with Crippen molar-refractivity contribution in [2.45, 2.75) is 38.6 Å². The van der Waals surface area contributed by atoms with Crippen LogP contribution in [0.3, 0.4) is 0 Å². The van der Waals surface area contributed by atoms with Crippen molar-refractivity contribution in [3.8, 4) is 0 Å². The molecule has 20 heavy (non-hydrogen) atoms. The molecule has 1 fully saturated rings. The van der Waals surface area contributed by atoms with Crippen LogP contribution in [-0.2, 0) is 9.59 Å². The minimum Gasteiger partial charge on any atom is -0.327 e. The van der Waals surface area contributed by atoms with Crippen molar-refractivity contribution in [3.63, 3.8) is 0 Å². The van der Waals surface area contributed by atoms with E-state index in [4.69, 9.17) is 5.73 Å². The van der Waals surface area contributed by atoms with Gasteiger partial charge in [-0.25, -0.2) is 0 Å². The number of hydrogen-bond acceptors (Lipinski definition) is 3. The lowest BCUT2D eigenvalue weighted by atomic mass is 10.1. The van der Waals surface area contributed by atoms with E-state index in [1.807, 2.05) is 24.3 Å². The Balaban J connectivity index is 2.07. The molecule has 1 aromatic carbocycles. The van der Waals surface area contributed by atoms with Crippen molar-refractivity contribution in [1.82, 2.24) is 0 Å². The van der Waals surface area contributed by atoms with Crippen molar-refractivity contribution in [2.24, 2.45) is 5.73 Å². The van der Waals surface area contributed by atoms with Gasteiger partial charge in [0.1, 0.15) is 0 Å². The highest BCUT2D eigenvalue weighted by Gasteiger charge is 2.19. The number of nitrogens with two attached hydrogens (primary N) is 1. The second-order valence-corrected chi connectivity index (χ2v) is 5.28. The molecule has 0 bridgehead atoms. The third-order valence-electron chi connectivity index (χ3n) is 3.27. The third-order valence-corrected chi connectivity index (χ3v) is 3.27. The van der Waals surface area contributed by atoms with E-state index in [-0.39, 0.29) is 24.3 Å². The average molecular weight is 275 g/mol. The lowest BCUT2D eigenvalue weighted by molar-refractivity contribution is -0.119. The molecule has 2 amide bonds. The fourth-order valence-corrected chi connectivity index (χ4v) is 2.33. The fraction of sp³-hybridized carbons (Fsp3) is 0.467. The summed E-state index contributed by atoms with van der Waals surface area (Å²) in [7, 11) is 0. The lowest BCUT2D eigenvalue weighted by Gasteiger charge is -2.27. The van der Waals surface area contributed by atoms with E-state index in [0.717, 1.165) is 25.1 Å². The summed E-state index contributed by atoms with van der Waals surface area (Å²) in [6, 6.07) is 7.23. The molecular formula is C15H21N3O2. The van der Waals surface area contributed by atoms with Crippen molar-refractivity contribution in [3.05, 3.63) is 24.3 Å². The van der Waals surface area contributed by atoms with Gasteiger partial charge in [-0.05, 0) is 38.0 Å². The van der Waals surface area contributed by atoms with E-state index < -0.39 is 0 Å². The van der Waals surface area contributed by atoms with Gasteiger partial charge in [-0.2, -0.15) is 0 Å². The van der Waals surface area contributed by atoms with Crippen LogP contribution in [0.1, 0.15) is 32.6 Å². The molecule has 1 aliphatic rings. The average Bonchev–Trinajstić information content (AvgIpc) is 2.38. The van der Waals surface area contributed by atoms with Crippen LogP contribution in [0.15, 0.2) is 24.3 Å². The van der Waals surface area contributed by atoms with Crippen LogP contribution in [-0.4, -0.2) is 24.4 Å². The number of nitrogens with zero attached hydrogens (tertiary/aromatic N) is 1. The van der Waals surface area contributed by atoms with Gasteiger partial charge in [-0.3, -0.25) is 9.59 Å². The van der Waals surface area contributed by atoms with E-state index in [0.29, 0.717) is 12.1 Å². The Bertz CT molecular complexity index is 500. The number of nitrogens with one attached hydrogen (secondary N) is 1. The topological polar surface area (TPSA) is 75.4 Å². The molecule has 1 saturated heterocycles. The summed E-state index contributed by atoms with van der Waals surface area (Å²) in [5.41, 5.74) is 7.14. The zero-order chi connectivity index (χ0) is 14.5. The number of amides is 2. The first kappa shape index (κ1) is 14.5. The van der Waals surface area contributed by atoms with Gasteiger partial charge in [0.25, 0.3) is 0 Å². The quantitative estimate of drug-likeness (QED) is 0.881. The summed E-state index contributed by atoms with van der Waals surface area (Å²) >= 11 is 0. The molecule has 5 heteroatoms. The molecule has 1 unspecified atom stereocenters. The summed E-state index contributed by atoms with van der Waals surface area (Å²) in [5.74, 6) is 0.0393. The van der Waals surface area contributed by atoms with Crippen LogP contribution >= 0.6 is 0 Å². The normalized spacial score (nSPS) is 16.9. The van der Waals surface area contributed by atoms with Crippen molar-refractivity contribution >= 4 is 23.2 Å². The molecule has 1 aromatic rings. The van der Waals surface area contributed by atoms with Crippen molar-refractivity contribution < 1.29 is 9.59 Å². The smallest absolute Gasteiger partial charge is 0.226 e. The second kappa shape index (κ2) is 6.52. The molecule has 2 rings (SSSR count). The molecule has 108 valence electrons. The number of carbonyl (C=O) groups is 2. The van der Waals surface area contributed by atoms with Gasteiger partial charge in [0, 0.05) is 36.8 Å². The molecule has 1 aliphatic heterocycles. The van der Waals surface area contributed by atoms with E-state index in [1.165, 1.54) is 0 Å². The Hall–Kier alpha value is -1.88. The largest absolute Gasteiger partial charge is 0.327 e. The molecule has 1 atom stereocenters. The first-order valence-electron chi connectivity index (χ1n) is 7.02. The van der Waals surface area contributed by atoms with Crippen molar-refractivity contribution in [2.75, 3.05) is 16.8 Å². The maximum absolute atomic E-state index is 11.9. The number of anilines is 2. The zero-order valence-corrected chi connectivity index (χ0v) is 11.8. The molecule has 0 saturated carbocycles. The number of piperidine rings is 1. The number of rotatable bonds is 4. The number of hydrogen-bond donors (Lipinski definition) is 2. The van der Waals surface area contributed by atoms with Gasteiger partial charge < -0.3 is 16.0 Å². The molecule has 0 radical (unpaired) electrons. The van der Waals surface area contributed by atoms with Crippen LogP contribution in [0.2, 0.25) is 0 Å².